The smallest absolute Gasteiger partial charge is 0.315 e. The zero-order valence-corrected chi connectivity index (χ0v) is 49.0. The van der Waals surface area contributed by atoms with Crippen molar-refractivity contribution < 1.29 is 40.8 Å². The van der Waals surface area contributed by atoms with Gasteiger partial charge in [0.1, 0.15) is 23.2 Å². The van der Waals surface area contributed by atoms with Crippen molar-refractivity contribution in [2.45, 2.75) is 66.4 Å². The van der Waals surface area contributed by atoms with Crippen molar-refractivity contribution in [2.75, 3.05) is 55.6 Å². The summed E-state index contributed by atoms with van der Waals surface area (Å²) in [4.78, 5) is 67.7. The summed E-state index contributed by atoms with van der Waals surface area (Å²) in [6.45, 7) is 3.32. The zero-order chi connectivity index (χ0) is 55.4. The van der Waals surface area contributed by atoms with Gasteiger partial charge in [-0.2, -0.15) is 8.61 Å². The van der Waals surface area contributed by atoms with Gasteiger partial charge in [-0.1, -0.05) is 103 Å². The number of urea groups is 1. The predicted molar refractivity (Wildman–Crippen MR) is 298 cm³/mol. The Kier molecular flexibility index (Phi) is 14.3. The first-order chi connectivity index (χ1) is 37.0. The molecule has 0 radical (unpaired) electrons. The quantitative estimate of drug-likeness (QED) is 0.113. The normalized spacial score (nSPS) is 22.8. The Morgan fingerprint density at radius 2 is 1.15 bits per heavy atom. The number of halogens is 6. The van der Waals surface area contributed by atoms with Crippen LogP contribution in [0.1, 0.15) is 31.4 Å². The number of nitrogens with one attached hydrogen (secondary N) is 2. The van der Waals surface area contributed by atoms with Crippen LogP contribution >= 0.6 is 78.3 Å². The lowest BCUT2D eigenvalue weighted by atomic mass is 9.92. The van der Waals surface area contributed by atoms with Crippen LogP contribution in [-0.4, -0.2) is 131 Å². The number of carbonyl (C=O) groups excluding carboxylic acids is 4. The molecule has 0 saturated carbocycles. The van der Waals surface area contributed by atoms with Crippen LogP contribution in [0.15, 0.2) is 110 Å². The Labute approximate surface area is 484 Å². The molecule has 2 N–H and O–H groups in total. The Morgan fingerprint density at radius 3 is 1.63 bits per heavy atom. The van der Waals surface area contributed by atoms with E-state index in [1.165, 1.54) is 63.0 Å². The summed E-state index contributed by atoms with van der Waals surface area (Å²) in [5.41, 5.74) is -1.11. The van der Waals surface area contributed by atoms with Gasteiger partial charge in [0.05, 0.1) is 40.4 Å². The molecule has 6 aromatic rings. The van der Waals surface area contributed by atoms with Crippen LogP contribution in [0.25, 0.3) is 0 Å². The third-order valence-electron chi connectivity index (χ3n) is 14.6. The molecule has 5 aliphatic heterocycles. The number of nitrogens with zero attached hydrogens (tertiary/aromatic N) is 9. The first-order valence-corrected chi connectivity index (χ1v) is 30.3. The number of sulfonamides is 2. The fourth-order valence-corrected chi connectivity index (χ4v) is 15.7. The SMILES string of the molecule is C[C@@]1(Cc2ccc(Br)cc2)C(=O)N(c2cc(Cl)c(OC3CCN(S(=O)(=O)c4cnc5n4[C@](C)(Cc4ccc(Br)cc4)C(=O)N5c4cc(Cl)cc(Cl)c4)C3)c(Cl)c2)c2ncc(S(=O)(=O)N3CCN(C(=O)C4CNC(=O)N4)CC3)n21. The van der Waals surface area contributed by atoms with Gasteiger partial charge in [-0.15, -0.1) is 0 Å². The van der Waals surface area contributed by atoms with Crippen molar-refractivity contribution in [3.05, 3.63) is 131 Å². The summed E-state index contributed by atoms with van der Waals surface area (Å²) in [5.74, 6) is -1.26. The van der Waals surface area contributed by atoms with Crippen LogP contribution in [0.3, 0.4) is 0 Å². The average molecular weight is 1310 g/mol. The number of carbonyl (C=O) groups is 4. The molecule has 5 aliphatic rings. The molecule has 20 nitrogen and oxygen atoms in total. The third-order valence-corrected chi connectivity index (χ3v) is 20.4. The number of piperazine rings is 1. The Balaban J connectivity index is 0.860. The van der Waals surface area contributed by atoms with Gasteiger partial charge in [-0.25, -0.2) is 41.4 Å². The molecule has 78 heavy (non-hydrogen) atoms. The molecule has 28 heteroatoms. The largest absolute Gasteiger partial charge is 0.486 e. The minimum absolute atomic E-state index is 0.0140. The van der Waals surface area contributed by atoms with Crippen LogP contribution in [0.2, 0.25) is 20.1 Å². The summed E-state index contributed by atoms with van der Waals surface area (Å²) >= 11 is 33.7. The lowest BCUT2D eigenvalue weighted by Crippen LogP contribution is -2.55. The number of benzene rings is 4. The maximum Gasteiger partial charge on any atom is 0.315 e. The fraction of sp³-hybridized carbons (Fsp3) is 0.320. The average Bonchev–Trinajstić information content (AvgIpc) is 3.87. The lowest BCUT2D eigenvalue weighted by Gasteiger charge is -2.35. The fourth-order valence-electron chi connectivity index (χ4n) is 10.8. The van der Waals surface area contributed by atoms with Crippen molar-refractivity contribution in [2.24, 2.45) is 0 Å². The number of hydrogen-bond acceptors (Lipinski definition) is 11. The number of ether oxygens (including phenoxy) is 1. The van der Waals surface area contributed by atoms with E-state index in [9.17, 15) is 31.2 Å². The van der Waals surface area contributed by atoms with Crippen LogP contribution < -0.4 is 25.2 Å². The number of rotatable bonds is 13. The van der Waals surface area contributed by atoms with Crippen molar-refractivity contribution in [1.82, 2.24) is 43.2 Å². The molecule has 0 bridgehead atoms. The lowest BCUT2D eigenvalue weighted by molar-refractivity contribution is -0.134. The molecule has 3 fully saturated rings. The number of amides is 5. The van der Waals surface area contributed by atoms with Gasteiger partial charge in [0.25, 0.3) is 31.9 Å². The maximum absolute atomic E-state index is 15.1. The van der Waals surface area contributed by atoms with Gasteiger partial charge in [-0.05, 0) is 86.0 Å². The summed E-state index contributed by atoms with van der Waals surface area (Å²) in [5, 5.41) is 5.13. The highest BCUT2D eigenvalue weighted by Crippen LogP contribution is 2.49. The minimum atomic E-state index is -4.38. The molecule has 4 aromatic carbocycles. The van der Waals surface area contributed by atoms with Gasteiger partial charge in [0, 0.05) is 71.1 Å². The zero-order valence-electron chi connectivity index (χ0n) is 41.2. The molecule has 2 unspecified atom stereocenters. The Hall–Kier alpha value is -5.28. The molecule has 7 heterocycles. The summed E-state index contributed by atoms with van der Waals surface area (Å²) in [6.07, 6.45) is 2.03. The molecular formula is C50H45Br2Cl4N11O9S2. The molecular weight excluding hydrogens is 1260 g/mol. The molecule has 408 valence electrons. The van der Waals surface area contributed by atoms with Crippen LogP contribution in [0.5, 0.6) is 5.75 Å². The monoisotopic (exact) mass is 1300 g/mol. The highest BCUT2D eigenvalue weighted by atomic mass is 79.9. The van der Waals surface area contributed by atoms with E-state index < -0.39 is 61.1 Å². The summed E-state index contributed by atoms with van der Waals surface area (Å²) < 4.78 is 72.4. The van der Waals surface area contributed by atoms with E-state index in [0.717, 1.165) is 20.1 Å². The van der Waals surface area contributed by atoms with Gasteiger partial charge in [0.15, 0.2) is 15.8 Å². The number of anilines is 4. The van der Waals surface area contributed by atoms with E-state index >= 15 is 4.79 Å². The second-order valence-corrected chi connectivity index (χ2v) is 27.1. The maximum atomic E-state index is 15.1. The number of imidazole rings is 2. The van der Waals surface area contributed by atoms with Gasteiger partial charge < -0.3 is 20.3 Å². The Bertz CT molecular complexity index is 3670. The van der Waals surface area contributed by atoms with E-state index in [4.69, 9.17) is 51.1 Å². The second kappa shape index (κ2) is 20.4. The third kappa shape index (κ3) is 9.45. The van der Waals surface area contributed by atoms with Crippen LogP contribution in [0, 0.1) is 0 Å². The van der Waals surface area contributed by atoms with Gasteiger partial charge in [-0.3, -0.25) is 23.5 Å². The van der Waals surface area contributed by atoms with E-state index in [1.54, 1.807) is 26.0 Å². The molecule has 4 atom stereocenters. The van der Waals surface area contributed by atoms with Crippen molar-refractivity contribution in [3.8, 4) is 5.75 Å². The van der Waals surface area contributed by atoms with E-state index in [1.807, 2.05) is 48.5 Å². The molecule has 5 amide bonds. The Morgan fingerprint density at radius 1 is 0.679 bits per heavy atom. The van der Waals surface area contributed by atoms with Crippen LogP contribution in [0.4, 0.5) is 28.1 Å². The van der Waals surface area contributed by atoms with E-state index in [0.29, 0.717) is 5.69 Å². The standard InChI is InChI=1S/C50H45Br2Cl4N11O9S2/c1-49(22-28-3-7-30(51)8-4-28)44(69)64(34-18-32(53)17-33(54)19-34)47-59-26-41(67(47)49)78(74,75)63-12-11-36(27-63)76-42-37(55)20-35(21-38(42)56)65-45(70)50(2,23-29-5-9-31(52)10-6-29)66-40(25-58-48(65)66)77(72,73)62-15-13-61(14-16-62)43(68)39-24-57-46(71)60-39/h3-10,17-21,25-26,36,39H,11-16,22-24,27H2,1-2H3,(H2,57,60,71)/t36?,39?,49-,50-/m1/s1. The molecule has 0 aliphatic carbocycles. The molecule has 2 aromatic heterocycles. The molecule has 3 saturated heterocycles. The predicted octanol–water partition coefficient (Wildman–Crippen LogP) is 7.85. The van der Waals surface area contributed by atoms with Crippen molar-refractivity contribution in [3.63, 3.8) is 0 Å². The minimum Gasteiger partial charge on any atom is -0.486 e. The van der Waals surface area contributed by atoms with E-state index in [2.05, 4.69) is 52.5 Å². The first-order valence-electron chi connectivity index (χ1n) is 24.3. The van der Waals surface area contributed by atoms with E-state index in [-0.39, 0.29) is 124 Å². The van der Waals surface area contributed by atoms with Crippen molar-refractivity contribution in [1.29, 1.82) is 0 Å². The topological polar surface area (TPSA) is 222 Å². The highest BCUT2D eigenvalue weighted by Gasteiger charge is 2.55. The first kappa shape index (κ1) is 54.7. The summed E-state index contributed by atoms with van der Waals surface area (Å²) in [6, 6.07) is 20.9. The molecule has 0 spiro atoms. The number of fused-ring (bicyclic) bond motifs is 2. The van der Waals surface area contributed by atoms with Crippen LogP contribution in [-0.2, 0) is 58.3 Å². The van der Waals surface area contributed by atoms with Gasteiger partial charge in [0.2, 0.25) is 17.8 Å². The number of hydrogen-bond donors (Lipinski definition) is 2. The summed E-state index contributed by atoms with van der Waals surface area (Å²) in [7, 11) is -8.73. The highest BCUT2D eigenvalue weighted by molar-refractivity contribution is 9.10. The molecule has 11 rings (SSSR count). The second-order valence-electron chi connectivity index (χ2n) is 19.8. The van der Waals surface area contributed by atoms with Crippen molar-refractivity contribution >= 4 is 145 Å². The van der Waals surface area contributed by atoms with Gasteiger partial charge >= 0.3 is 6.03 Å². The number of aromatic nitrogens is 4.